The largest absolute Gasteiger partial charge is 0.338 e. The second-order valence-corrected chi connectivity index (χ2v) is 4.36. The summed E-state index contributed by atoms with van der Waals surface area (Å²) in [6.07, 6.45) is 2.30. The van der Waals surface area contributed by atoms with Crippen LogP contribution in [0.1, 0.15) is 19.2 Å². The van der Waals surface area contributed by atoms with Gasteiger partial charge in [0.2, 0.25) is 11.7 Å². The van der Waals surface area contributed by atoms with Crippen LogP contribution < -0.4 is 0 Å². The number of Topliss-reactive ketones (excluding diaryl/α,β-unsaturated/α-hetero) is 1. The summed E-state index contributed by atoms with van der Waals surface area (Å²) in [5.74, 6) is 0.803. The molecule has 88 valence electrons. The minimum Gasteiger partial charge on any atom is -0.338 e. The van der Waals surface area contributed by atoms with Crippen LogP contribution in [-0.2, 0) is 11.2 Å². The fourth-order valence-corrected chi connectivity index (χ4v) is 1.47. The molecule has 2 aromatic heterocycles. The highest BCUT2D eigenvalue weighted by Crippen LogP contribution is 2.16. The molecule has 0 aromatic carbocycles. The molecular weight excluding hydrogens is 286 g/mol. The van der Waals surface area contributed by atoms with E-state index in [0.29, 0.717) is 23.8 Å². The molecule has 0 bridgehead atoms. The van der Waals surface area contributed by atoms with E-state index >= 15 is 0 Å². The van der Waals surface area contributed by atoms with Gasteiger partial charge >= 0.3 is 0 Å². The number of carbonyl (C=O) groups excluding carboxylic acids is 1. The number of pyridine rings is 1. The predicted octanol–water partition coefficient (Wildman–Crippen LogP) is 2.42. The van der Waals surface area contributed by atoms with Crippen LogP contribution in [0.25, 0.3) is 11.5 Å². The topological polar surface area (TPSA) is 68.9 Å². The number of halogens is 1. The van der Waals surface area contributed by atoms with Gasteiger partial charge in [0.05, 0.1) is 6.42 Å². The van der Waals surface area contributed by atoms with Crippen molar-refractivity contribution in [1.29, 1.82) is 0 Å². The van der Waals surface area contributed by atoms with Crippen LogP contribution in [0.5, 0.6) is 0 Å². The Hall–Kier alpha value is -1.56. The van der Waals surface area contributed by atoms with Crippen molar-refractivity contribution in [3.63, 3.8) is 0 Å². The molecule has 2 aromatic rings. The monoisotopic (exact) mass is 295 g/mol. The average Bonchev–Trinajstić information content (AvgIpc) is 2.78. The number of rotatable bonds is 4. The second kappa shape index (κ2) is 5.18. The molecule has 0 unspecified atom stereocenters. The van der Waals surface area contributed by atoms with E-state index in [1.165, 1.54) is 0 Å². The lowest BCUT2D eigenvalue weighted by Gasteiger charge is -1.92. The maximum Gasteiger partial charge on any atom is 0.234 e. The molecule has 0 fully saturated rings. The van der Waals surface area contributed by atoms with Crippen LogP contribution in [0.3, 0.4) is 0 Å². The maximum atomic E-state index is 11.2. The van der Waals surface area contributed by atoms with Crippen molar-refractivity contribution in [1.82, 2.24) is 15.1 Å². The summed E-state index contributed by atoms with van der Waals surface area (Å²) in [6, 6.07) is 3.62. The van der Waals surface area contributed by atoms with Crippen molar-refractivity contribution in [2.24, 2.45) is 0 Å². The standard InChI is InChI=1S/C11H10BrN3O2/c1-2-8(16)5-10-14-11(15-17-10)9-4-3-7(12)6-13-9/h3-4,6H,2,5H2,1H3. The van der Waals surface area contributed by atoms with E-state index in [9.17, 15) is 4.79 Å². The fraction of sp³-hybridized carbons (Fsp3) is 0.273. The number of hydrogen-bond acceptors (Lipinski definition) is 5. The quantitative estimate of drug-likeness (QED) is 0.866. The summed E-state index contributed by atoms with van der Waals surface area (Å²) < 4.78 is 5.87. The first-order chi connectivity index (χ1) is 8.19. The zero-order valence-corrected chi connectivity index (χ0v) is 10.8. The Morgan fingerprint density at radius 1 is 1.47 bits per heavy atom. The number of hydrogen-bond donors (Lipinski definition) is 0. The molecular formula is C11H10BrN3O2. The smallest absolute Gasteiger partial charge is 0.234 e. The van der Waals surface area contributed by atoms with Gasteiger partial charge < -0.3 is 4.52 Å². The summed E-state index contributed by atoms with van der Waals surface area (Å²) in [5, 5.41) is 3.79. The van der Waals surface area contributed by atoms with Gasteiger partial charge in [-0.05, 0) is 28.1 Å². The average molecular weight is 296 g/mol. The molecule has 17 heavy (non-hydrogen) atoms. The number of aromatic nitrogens is 3. The third-order valence-electron chi connectivity index (χ3n) is 2.17. The van der Waals surface area contributed by atoms with E-state index in [4.69, 9.17) is 4.52 Å². The Labute approximate surface area is 106 Å². The predicted molar refractivity (Wildman–Crippen MR) is 64.2 cm³/mol. The van der Waals surface area contributed by atoms with Gasteiger partial charge in [-0.3, -0.25) is 9.78 Å². The van der Waals surface area contributed by atoms with Crippen LogP contribution >= 0.6 is 15.9 Å². The zero-order valence-electron chi connectivity index (χ0n) is 9.18. The molecule has 2 rings (SSSR count). The van der Waals surface area contributed by atoms with Crippen molar-refractivity contribution in [2.75, 3.05) is 0 Å². The van der Waals surface area contributed by atoms with Gasteiger partial charge in [0, 0.05) is 17.1 Å². The summed E-state index contributed by atoms with van der Waals surface area (Å²) in [5.41, 5.74) is 0.618. The van der Waals surface area contributed by atoms with Crippen molar-refractivity contribution in [3.8, 4) is 11.5 Å². The van der Waals surface area contributed by atoms with Crippen molar-refractivity contribution < 1.29 is 9.32 Å². The SMILES string of the molecule is CCC(=O)Cc1nc(-c2ccc(Br)cn2)no1. The Bertz CT molecular complexity index is 522. The van der Waals surface area contributed by atoms with Gasteiger partial charge in [0.1, 0.15) is 11.5 Å². The highest BCUT2D eigenvalue weighted by atomic mass is 79.9. The Morgan fingerprint density at radius 3 is 2.94 bits per heavy atom. The lowest BCUT2D eigenvalue weighted by atomic mass is 10.2. The van der Waals surface area contributed by atoms with Crippen molar-refractivity contribution >= 4 is 21.7 Å². The maximum absolute atomic E-state index is 11.2. The highest BCUT2D eigenvalue weighted by Gasteiger charge is 2.12. The number of ketones is 1. The number of carbonyl (C=O) groups is 1. The number of nitrogens with zero attached hydrogens (tertiary/aromatic N) is 3. The van der Waals surface area contributed by atoms with Gasteiger partial charge in [-0.1, -0.05) is 12.1 Å². The molecule has 0 saturated heterocycles. The lowest BCUT2D eigenvalue weighted by Crippen LogP contribution is -2.00. The van der Waals surface area contributed by atoms with E-state index in [1.54, 1.807) is 19.2 Å². The van der Waals surface area contributed by atoms with Gasteiger partial charge in [0.25, 0.3) is 0 Å². The third-order valence-corrected chi connectivity index (χ3v) is 2.64. The van der Waals surface area contributed by atoms with E-state index in [1.807, 2.05) is 6.07 Å². The van der Waals surface area contributed by atoms with E-state index in [0.717, 1.165) is 4.47 Å². The molecule has 6 heteroatoms. The van der Waals surface area contributed by atoms with Crippen molar-refractivity contribution in [2.45, 2.75) is 19.8 Å². The van der Waals surface area contributed by atoms with Gasteiger partial charge in [-0.2, -0.15) is 4.98 Å². The van der Waals surface area contributed by atoms with E-state index in [2.05, 4.69) is 31.1 Å². The molecule has 0 spiro atoms. The Balaban J connectivity index is 2.18. The van der Waals surface area contributed by atoms with E-state index < -0.39 is 0 Å². The van der Waals surface area contributed by atoms with Gasteiger partial charge in [-0.15, -0.1) is 0 Å². The normalized spacial score (nSPS) is 10.5. The first-order valence-electron chi connectivity index (χ1n) is 5.15. The molecule has 0 saturated carbocycles. The Kier molecular flexibility index (Phi) is 3.63. The summed E-state index contributed by atoms with van der Waals surface area (Å²) >= 11 is 3.29. The van der Waals surface area contributed by atoms with Crippen LogP contribution in [0.15, 0.2) is 27.3 Å². The Morgan fingerprint density at radius 2 is 2.29 bits per heavy atom. The minimum atomic E-state index is 0.0731. The fourth-order valence-electron chi connectivity index (χ4n) is 1.23. The van der Waals surface area contributed by atoms with Crippen molar-refractivity contribution in [3.05, 3.63) is 28.7 Å². The first-order valence-corrected chi connectivity index (χ1v) is 5.94. The van der Waals surface area contributed by atoms with E-state index in [-0.39, 0.29) is 12.2 Å². The van der Waals surface area contributed by atoms with Gasteiger partial charge in [-0.25, -0.2) is 0 Å². The highest BCUT2D eigenvalue weighted by molar-refractivity contribution is 9.10. The summed E-state index contributed by atoms with van der Waals surface area (Å²) in [7, 11) is 0. The van der Waals surface area contributed by atoms with Crippen LogP contribution in [0.4, 0.5) is 0 Å². The van der Waals surface area contributed by atoms with Crippen LogP contribution in [0, 0.1) is 0 Å². The second-order valence-electron chi connectivity index (χ2n) is 3.44. The molecule has 0 amide bonds. The molecule has 0 N–H and O–H groups in total. The zero-order chi connectivity index (χ0) is 12.3. The molecule has 2 heterocycles. The summed E-state index contributed by atoms with van der Waals surface area (Å²) in [6.45, 7) is 1.80. The minimum absolute atomic E-state index is 0.0731. The van der Waals surface area contributed by atoms with Crippen LogP contribution in [-0.4, -0.2) is 20.9 Å². The van der Waals surface area contributed by atoms with Gasteiger partial charge in [0.15, 0.2) is 0 Å². The molecule has 5 nitrogen and oxygen atoms in total. The van der Waals surface area contributed by atoms with Crippen LogP contribution in [0.2, 0.25) is 0 Å². The molecule has 0 aliphatic carbocycles. The molecule has 0 atom stereocenters. The molecule has 0 radical (unpaired) electrons. The third kappa shape index (κ3) is 2.97. The molecule has 0 aliphatic rings. The summed E-state index contributed by atoms with van der Waals surface area (Å²) in [4.78, 5) is 19.5. The first kappa shape index (κ1) is 11.9. The molecule has 0 aliphatic heterocycles. The lowest BCUT2D eigenvalue weighted by molar-refractivity contribution is -0.118.